The van der Waals surface area contributed by atoms with Crippen molar-refractivity contribution in [2.75, 3.05) is 6.54 Å². The quantitative estimate of drug-likeness (QED) is 0.947. The van der Waals surface area contributed by atoms with Crippen LogP contribution in [-0.2, 0) is 4.74 Å². The lowest BCUT2D eigenvalue weighted by Gasteiger charge is -2.14. The standard InChI is InChI=1S/C16H12F2N2O3/c17-11-6-7-12(13(18)8-11)14-9-20(16(22)23-14)19-15(21)10-4-2-1-3-5-10/h1-8,14H,9H2,(H,19,21)/t14-/m0/s1. The number of carbonyl (C=O) groups excluding carboxylic acids is 2. The number of halogens is 2. The molecule has 1 aliphatic heterocycles. The second-order valence-electron chi connectivity index (χ2n) is 4.96. The summed E-state index contributed by atoms with van der Waals surface area (Å²) in [6.45, 7) is -0.0695. The van der Waals surface area contributed by atoms with E-state index in [0.717, 1.165) is 11.1 Å². The van der Waals surface area contributed by atoms with Gasteiger partial charge in [-0.25, -0.2) is 18.6 Å². The number of nitrogens with one attached hydrogen (secondary N) is 1. The van der Waals surface area contributed by atoms with Gasteiger partial charge in [0.1, 0.15) is 11.6 Å². The molecule has 1 heterocycles. The van der Waals surface area contributed by atoms with Crippen molar-refractivity contribution in [3.8, 4) is 0 Å². The average molecular weight is 318 g/mol. The first-order chi connectivity index (χ1) is 11.0. The number of rotatable bonds is 3. The molecule has 5 nitrogen and oxygen atoms in total. The first-order valence-corrected chi connectivity index (χ1v) is 6.84. The van der Waals surface area contributed by atoms with Gasteiger partial charge in [-0.05, 0) is 24.3 Å². The maximum absolute atomic E-state index is 13.7. The highest BCUT2D eigenvalue weighted by Gasteiger charge is 2.35. The van der Waals surface area contributed by atoms with E-state index in [-0.39, 0.29) is 12.1 Å². The van der Waals surface area contributed by atoms with Crippen LogP contribution in [0.15, 0.2) is 48.5 Å². The molecule has 1 saturated heterocycles. The third kappa shape index (κ3) is 3.13. The average Bonchev–Trinajstić information content (AvgIpc) is 2.88. The molecule has 2 aromatic rings. The van der Waals surface area contributed by atoms with Crippen molar-refractivity contribution in [2.45, 2.75) is 6.10 Å². The Bertz CT molecular complexity index is 752. The summed E-state index contributed by atoms with van der Waals surface area (Å²) in [5, 5.41) is 0.961. The van der Waals surface area contributed by atoms with Crippen molar-refractivity contribution in [1.29, 1.82) is 0 Å². The van der Waals surface area contributed by atoms with Gasteiger partial charge in [0.15, 0.2) is 6.10 Å². The topological polar surface area (TPSA) is 58.6 Å². The number of hydrogen-bond acceptors (Lipinski definition) is 3. The van der Waals surface area contributed by atoms with Crippen molar-refractivity contribution in [1.82, 2.24) is 10.4 Å². The molecule has 1 N–H and O–H groups in total. The lowest BCUT2D eigenvalue weighted by Crippen LogP contribution is -2.42. The highest BCUT2D eigenvalue weighted by atomic mass is 19.1. The fourth-order valence-corrected chi connectivity index (χ4v) is 2.26. The predicted molar refractivity (Wildman–Crippen MR) is 76.2 cm³/mol. The minimum Gasteiger partial charge on any atom is -0.438 e. The molecule has 0 bridgehead atoms. The molecular formula is C16H12F2N2O3. The van der Waals surface area contributed by atoms with Gasteiger partial charge >= 0.3 is 6.09 Å². The van der Waals surface area contributed by atoms with Crippen molar-refractivity contribution in [3.05, 3.63) is 71.3 Å². The smallest absolute Gasteiger partial charge is 0.429 e. The van der Waals surface area contributed by atoms with Crippen LogP contribution < -0.4 is 5.43 Å². The lowest BCUT2D eigenvalue weighted by molar-refractivity contribution is 0.0829. The van der Waals surface area contributed by atoms with Crippen molar-refractivity contribution >= 4 is 12.0 Å². The van der Waals surface area contributed by atoms with Crippen LogP contribution in [0.1, 0.15) is 22.0 Å². The molecule has 1 atom stereocenters. The van der Waals surface area contributed by atoms with Crippen LogP contribution in [0.4, 0.5) is 13.6 Å². The van der Waals surface area contributed by atoms with E-state index in [1.807, 2.05) is 0 Å². The highest BCUT2D eigenvalue weighted by Crippen LogP contribution is 2.27. The molecule has 0 radical (unpaired) electrons. The first-order valence-electron chi connectivity index (χ1n) is 6.84. The molecular weight excluding hydrogens is 306 g/mol. The third-order valence-electron chi connectivity index (χ3n) is 3.39. The molecule has 0 aromatic heterocycles. The number of carbonyl (C=O) groups is 2. The number of hydrazine groups is 1. The Balaban J connectivity index is 1.71. The normalized spacial score (nSPS) is 17.0. The number of cyclic esters (lactones) is 1. The van der Waals surface area contributed by atoms with Crippen LogP contribution in [-0.4, -0.2) is 23.6 Å². The van der Waals surface area contributed by atoms with Crippen LogP contribution in [0.2, 0.25) is 0 Å². The zero-order chi connectivity index (χ0) is 16.4. The molecule has 23 heavy (non-hydrogen) atoms. The molecule has 1 fully saturated rings. The van der Waals surface area contributed by atoms with Gasteiger partial charge in [-0.2, -0.15) is 0 Å². The van der Waals surface area contributed by atoms with Gasteiger partial charge in [-0.15, -0.1) is 0 Å². The van der Waals surface area contributed by atoms with Crippen LogP contribution >= 0.6 is 0 Å². The number of benzene rings is 2. The van der Waals surface area contributed by atoms with E-state index in [1.165, 1.54) is 6.07 Å². The molecule has 2 amide bonds. The van der Waals surface area contributed by atoms with E-state index in [2.05, 4.69) is 5.43 Å². The Labute approximate surface area is 130 Å². The lowest BCUT2D eigenvalue weighted by atomic mass is 10.1. The number of amides is 2. The van der Waals surface area contributed by atoms with Gasteiger partial charge in [-0.3, -0.25) is 10.2 Å². The maximum Gasteiger partial charge on any atom is 0.429 e. The Morgan fingerprint density at radius 2 is 1.91 bits per heavy atom. The second kappa shape index (κ2) is 6.04. The van der Waals surface area contributed by atoms with Gasteiger partial charge in [0.2, 0.25) is 0 Å². The third-order valence-corrected chi connectivity index (χ3v) is 3.39. The Morgan fingerprint density at radius 3 is 2.61 bits per heavy atom. The van der Waals surface area contributed by atoms with Crippen LogP contribution in [0.3, 0.4) is 0 Å². The summed E-state index contributed by atoms with van der Waals surface area (Å²) >= 11 is 0. The predicted octanol–water partition coefficient (Wildman–Crippen LogP) is 2.80. The van der Waals surface area contributed by atoms with E-state index in [1.54, 1.807) is 30.3 Å². The molecule has 3 rings (SSSR count). The van der Waals surface area contributed by atoms with E-state index in [4.69, 9.17) is 4.74 Å². The largest absolute Gasteiger partial charge is 0.438 e. The first kappa shape index (κ1) is 15.0. The van der Waals surface area contributed by atoms with E-state index >= 15 is 0 Å². The minimum absolute atomic E-state index is 0.0520. The molecule has 118 valence electrons. The molecule has 0 spiro atoms. The fourth-order valence-electron chi connectivity index (χ4n) is 2.26. The summed E-state index contributed by atoms with van der Waals surface area (Å²) in [5.74, 6) is -2.01. The zero-order valence-electron chi connectivity index (χ0n) is 11.8. The summed E-state index contributed by atoms with van der Waals surface area (Å²) in [5.41, 5.74) is 2.82. The van der Waals surface area contributed by atoms with Crippen LogP contribution in [0.25, 0.3) is 0 Å². The highest BCUT2D eigenvalue weighted by molar-refractivity contribution is 5.95. The summed E-state index contributed by atoms with van der Waals surface area (Å²) in [4.78, 5) is 23.8. The molecule has 7 heteroatoms. The van der Waals surface area contributed by atoms with Crippen LogP contribution in [0, 0.1) is 11.6 Å². The minimum atomic E-state index is -0.917. The number of nitrogens with zero attached hydrogens (tertiary/aromatic N) is 1. The van der Waals surface area contributed by atoms with Crippen molar-refractivity contribution < 1.29 is 23.1 Å². The molecule has 0 aliphatic carbocycles. The van der Waals surface area contributed by atoms with Gasteiger partial charge < -0.3 is 4.74 Å². The molecule has 0 saturated carbocycles. The van der Waals surface area contributed by atoms with Gasteiger partial charge in [0.25, 0.3) is 5.91 Å². The maximum atomic E-state index is 13.7. The number of ether oxygens (including phenoxy) is 1. The molecule has 2 aromatic carbocycles. The Morgan fingerprint density at radius 1 is 1.17 bits per heavy atom. The Hall–Kier alpha value is -2.96. The summed E-state index contributed by atoms with van der Waals surface area (Å²) in [6, 6.07) is 11.3. The van der Waals surface area contributed by atoms with E-state index in [9.17, 15) is 18.4 Å². The van der Waals surface area contributed by atoms with E-state index < -0.39 is 29.7 Å². The van der Waals surface area contributed by atoms with E-state index in [0.29, 0.717) is 11.6 Å². The Kier molecular flexibility index (Phi) is 3.92. The molecule has 0 unspecified atom stereocenters. The SMILES string of the molecule is O=C(NN1C[C@@H](c2ccc(F)cc2F)OC1=O)c1ccccc1. The summed E-state index contributed by atoms with van der Waals surface area (Å²) < 4.78 is 31.7. The summed E-state index contributed by atoms with van der Waals surface area (Å²) in [7, 11) is 0. The zero-order valence-corrected chi connectivity index (χ0v) is 11.8. The second-order valence-corrected chi connectivity index (χ2v) is 4.96. The van der Waals surface area contributed by atoms with Gasteiger partial charge in [-0.1, -0.05) is 18.2 Å². The monoisotopic (exact) mass is 318 g/mol. The van der Waals surface area contributed by atoms with Crippen molar-refractivity contribution in [3.63, 3.8) is 0 Å². The summed E-state index contributed by atoms with van der Waals surface area (Å²) in [6.07, 6.45) is -1.72. The van der Waals surface area contributed by atoms with Crippen LogP contribution in [0.5, 0.6) is 0 Å². The number of hydrogen-bond donors (Lipinski definition) is 1. The van der Waals surface area contributed by atoms with Gasteiger partial charge in [0.05, 0.1) is 6.54 Å². The van der Waals surface area contributed by atoms with Gasteiger partial charge in [0, 0.05) is 17.2 Å². The van der Waals surface area contributed by atoms with Crippen molar-refractivity contribution in [2.24, 2.45) is 0 Å². The fraction of sp³-hybridized carbons (Fsp3) is 0.125. The molecule has 1 aliphatic rings.